The standard InChI is InChI=1S/C33H48N2O3Si.C25H46N2O3Si.C21H40N2O3Si/c1-7-13-27-34(25-8-2)32(30-21-16-14-17-22-30)33(31-23-18-15-19-24-31)35(26-9-3)28-20-29-39(36-10-4,37-11-5)38-12-6;1-7-13-21-26(19-8-2)24-17-14-15-18-25(24)27(20-9-3)22-16-23-31(28-10-4,29-11-5)30-12-6;1-7-13-17-22(15-8-2)19-20-23(16-9-3)18-14-21-27(24-10-4,25-11-5)26-12-6/h2-3,14-19,21-24,32-33H,7,10-13,20,25-29H2,1,4-6H3;2-3,24-25H,7,10-23H2,1,4-6H3;2-3H,7,10-21H2,1,4-6H3/t32-,33-;24-,25-;/m11./s1. The lowest BCUT2D eigenvalue weighted by atomic mass is 9.87. The highest BCUT2D eigenvalue weighted by molar-refractivity contribution is 6.61. The molecule has 3 rings (SSSR count). The molecule has 0 amide bonds. The molecule has 4 atom stereocenters. The van der Waals surface area contributed by atoms with E-state index in [2.05, 4.69) is 146 Å². The Morgan fingerprint density at radius 3 is 0.918 bits per heavy atom. The number of hydrogen-bond acceptors (Lipinski definition) is 15. The second-order valence-electron chi connectivity index (χ2n) is 24.1. The van der Waals surface area contributed by atoms with Gasteiger partial charge < -0.3 is 39.8 Å². The molecule has 0 aliphatic heterocycles. The highest BCUT2D eigenvalue weighted by Crippen LogP contribution is 2.40. The number of terminal acetylenes is 6. The monoisotopic (exact) mass is 1390 g/mol. The Labute approximate surface area is 598 Å². The smallest absolute Gasteiger partial charge is 0.374 e. The molecule has 1 aliphatic carbocycles. The zero-order chi connectivity index (χ0) is 71.7. The predicted octanol–water partition coefficient (Wildman–Crippen LogP) is 14.1. The summed E-state index contributed by atoms with van der Waals surface area (Å²) in [6.45, 7) is 41.4. The summed E-state index contributed by atoms with van der Waals surface area (Å²) in [5.74, 6) is 17.2. The van der Waals surface area contributed by atoms with Gasteiger partial charge in [-0.25, -0.2) is 0 Å². The van der Waals surface area contributed by atoms with Gasteiger partial charge in [-0.1, -0.05) is 149 Å². The van der Waals surface area contributed by atoms with Crippen molar-refractivity contribution in [1.29, 1.82) is 0 Å². The summed E-state index contributed by atoms with van der Waals surface area (Å²) in [6.07, 6.45) is 49.1. The first kappa shape index (κ1) is 90.9. The number of unbranched alkanes of at least 4 members (excludes halogenated alkanes) is 3. The Kier molecular flexibility index (Phi) is 54.8. The Morgan fingerprint density at radius 2 is 0.608 bits per heavy atom. The van der Waals surface area contributed by atoms with Crippen LogP contribution in [0.4, 0.5) is 0 Å². The minimum absolute atomic E-state index is 0.0113. The van der Waals surface area contributed by atoms with Gasteiger partial charge in [-0.05, 0) is 164 Å². The van der Waals surface area contributed by atoms with Gasteiger partial charge in [0.1, 0.15) is 0 Å². The van der Waals surface area contributed by atoms with E-state index >= 15 is 0 Å². The Bertz CT molecular complexity index is 2430. The zero-order valence-corrected chi connectivity index (χ0v) is 66.0. The molecule has 2 aromatic carbocycles. The van der Waals surface area contributed by atoms with Crippen LogP contribution in [0.25, 0.3) is 0 Å². The summed E-state index contributed by atoms with van der Waals surface area (Å²) in [6, 6.07) is 24.7. The number of hydrogen-bond donors (Lipinski definition) is 0. The minimum Gasteiger partial charge on any atom is -0.374 e. The van der Waals surface area contributed by atoms with Crippen LogP contribution in [0.5, 0.6) is 0 Å². The molecule has 1 fully saturated rings. The molecule has 546 valence electrons. The Balaban J connectivity index is 0.000000742. The summed E-state index contributed by atoms with van der Waals surface area (Å²) >= 11 is 0. The van der Waals surface area contributed by atoms with E-state index in [1.165, 1.54) is 62.5 Å². The number of benzene rings is 2. The molecule has 0 N–H and O–H groups in total. The summed E-state index contributed by atoms with van der Waals surface area (Å²) in [7, 11) is -7.95. The molecule has 15 nitrogen and oxygen atoms in total. The molecule has 18 heteroatoms. The highest BCUT2D eigenvalue weighted by Gasteiger charge is 2.43. The van der Waals surface area contributed by atoms with Crippen LogP contribution >= 0.6 is 0 Å². The van der Waals surface area contributed by atoms with Gasteiger partial charge in [0.05, 0.1) is 51.4 Å². The molecular weight excluding hydrogens is 1260 g/mol. The maximum atomic E-state index is 6.13. The first-order valence-corrected chi connectivity index (χ1v) is 43.0. The van der Waals surface area contributed by atoms with Crippen molar-refractivity contribution >= 4 is 26.4 Å². The molecule has 1 saturated carbocycles. The molecule has 1 aliphatic rings. The molecule has 0 radical (unpaired) electrons. The van der Waals surface area contributed by atoms with Crippen LogP contribution in [-0.2, 0) is 39.8 Å². The third-order valence-corrected chi connectivity index (χ3v) is 26.5. The molecule has 0 heterocycles. The lowest BCUT2D eigenvalue weighted by Crippen LogP contribution is -2.54. The number of nitrogens with zero attached hydrogens (tertiary/aromatic N) is 6. The summed E-state index contributed by atoms with van der Waals surface area (Å²) < 4.78 is 54.3. The third kappa shape index (κ3) is 36.3. The minimum atomic E-state index is -2.76. The normalized spacial score (nSPS) is 14.8. The van der Waals surface area contributed by atoms with Crippen molar-refractivity contribution < 1.29 is 39.8 Å². The van der Waals surface area contributed by atoms with Gasteiger partial charge in [-0.2, -0.15) is 0 Å². The van der Waals surface area contributed by atoms with E-state index in [0.717, 1.165) is 109 Å². The lowest BCUT2D eigenvalue weighted by Gasteiger charge is -2.44. The maximum Gasteiger partial charge on any atom is 0.500 e. The van der Waals surface area contributed by atoms with Crippen molar-refractivity contribution in [3.63, 3.8) is 0 Å². The van der Waals surface area contributed by atoms with Crippen molar-refractivity contribution in [2.75, 3.05) is 151 Å². The molecule has 0 saturated heterocycles. The van der Waals surface area contributed by atoms with Crippen molar-refractivity contribution in [1.82, 2.24) is 29.4 Å². The van der Waals surface area contributed by atoms with E-state index in [1.807, 2.05) is 62.3 Å². The van der Waals surface area contributed by atoms with Crippen LogP contribution in [0.15, 0.2) is 60.7 Å². The van der Waals surface area contributed by atoms with Gasteiger partial charge in [-0.3, -0.25) is 29.4 Å². The topological polar surface area (TPSA) is 103 Å². The molecule has 2 aromatic rings. The van der Waals surface area contributed by atoms with Crippen molar-refractivity contribution in [2.24, 2.45) is 0 Å². The van der Waals surface area contributed by atoms with Crippen LogP contribution in [0, 0.1) is 74.1 Å². The van der Waals surface area contributed by atoms with Crippen LogP contribution in [0.3, 0.4) is 0 Å². The number of rotatable bonds is 55. The second-order valence-corrected chi connectivity index (χ2v) is 32.3. The summed E-state index contributed by atoms with van der Waals surface area (Å²) in [5.41, 5.74) is 2.46. The largest absolute Gasteiger partial charge is 0.500 e. The first-order valence-electron chi connectivity index (χ1n) is 37.2. The predicted molar refractivity (Wildman–Crippen MR) is 411 cm³/mol. The molecule has 97 heavy (non-hydrogen) atoms. The van der Waals surface area contributed by atoms with E-state index < -0.39 is 26.4 Å². The van der Waals surface area contributed by atoms with Gasteiger partial charge in [-0.15, -0.1) is 38.5 Å². The van der Waals surface area contributed by atoms with Gasteiger partial charge >= 0.3 is 26.4 Å². The average Bonchev–Trinajstić information content (AvgIpc) is 0.802. The Morgan fingerprint density at radius 1 is 0.340 bits per heavy atom. The maximum absolute atomic E-state index is 6.13. The summed E-state index contributed by atoms with van der Waals surface area (Å²) in [5, 5.41) is 0. The van der Waals surface area contributed by atoms with Crippen LogP contribution in [0.1, 0.15) is 190 Å². The van der Waals surface area contributed by atoms with E-state index in [1.54, 1.807) is 0 Å². The van der Waals surface area contributed by atoms with Crippen molar-refractivity contribution in [3.05, 3.63) is 71.8 Å². The van der Waals surface area contributed by atoms with Crippen LogP contribution in [0.2, 0.25) is 18.1 Å². The molecule has 0 aromatic heterocycles. The second kappa shape index (κ2) is 58.5. The van der Waals surface area contributed by atoms with Gasteiger partial charge in [0.15, 0.2) is 0 Å². The average molecular weight is 1400 g/mol. The van der Waals surface area contributed by atoms with E-state index in [0.29, 0.717) is 104 Å². The van der Waals surface area contributed by atoms with Crippen molar-refractivity contribution in [2.45, 2.75) is 209 Å². The Hall–Kier alpha value is -4.15. The highest BCUT2D eigenvalue weighted by atomic mass is 28.4. The van der Waals surface area contributed by atoms with E-state index in [4.69, 9.17) is 78.4 Å². The van der Waals surface area contributed by atoms with Gasteiger partial charge in [0.25, 0.3) is 0 Å². The van der Waals surface area contributed by atoms with Crippen molar-refractivity contribution in [3.8, 4) is 74.1 Å². The third-order valence-electron chi connectivity index (χ3n) is 17.1. The quantitative estimate of drug-likeness (QED) is 0.0463. The molecule has 0 bridgehead atoms. The van der Waals surface area contributed by atoms with Crippen LogP contribution in [-0.4, -0.2) is 219 Å². The lowest BCUT2D eigenvalue weighted by molar-refractivity contribution is 0.0552. The summed E-state index contributed by atoms with van der Waals surface area (Å²) in [4.78, 5) is 14.5. The molecule has 0 spiro atoms. The fourth-order valence-electron chi connectivity index (χ4n) is 13.0. The van der Waals surface area contributed by atoms with E-state index in [-0.39, 0.29) is 12.1 Å². The SMILES string of the molecule is C#CCN(CCCC)CCN(CC#C)CCC[Si](OCC)(OCC)OCC.C#CCN(CCCC)[C@@H]1CCCC[C@H]1N(CC#C)CCC[Si](OCC)(OCC)OCC.C#CCN(CCCC)[C@H](c1ccccc1)[C@@H](c1ccccc1)N(CC#C)CCC[Si](OCC)(OCC)OCC. The molecule has 0 unspecified atom stereocenters. The zero-order valence-electron chi connectivity index (χ0n) is 63.0. The molecular formula is C79H134N6O9Si3. The first-order chi connectivity index (χ1) is 47.3. The van der Waals surface area contributed by atoms with E-state index in [9.17, 15) is 0 Å². The fraction of sp³-hybridized carbons (Fsp3) is 0.696. The van der Waals surface area contributed by atoms with Gasteiger partial charge in [0, 0.05) is 103 Å². The fourth-order valence-corrected chi connectivity index (χ4v) is 20.7. The van der Waals surface area contributed by atoms with Gasteiger partial charge in [0.2, 0.25) is 0 Å². The van der Waals surface area contributed by atoms with Crippen LogP contribution < -0.4 is 0 Å².